The molecule has 0 radical (unpaired) electrons. The first-order valence-electron chi connectivity index (χ1n) is 2.23. The van der Waals surface area contributed by atoms with Crippen LogP contribution >= 0.6 is 11.6 Å². The number of alkyl halides is 4. The van der Waals surface area contributed by atoms with Gasteiger partial charge in [-0.15, -0.1) is 11.6 Å². The molecule has 7 heteroatoms. The van der Waals surface area contributed by atoms with E-state index in [9.17, 15) is 23.1 Å². The number of carboxylic acid groups (broad SMARTS) is 1. The standard InChI is InChI=1S/C4H4ClF3O2.ClH/c5-1-2(3(9)10)4(6,7)8;/h2H,1H2,(H,9,10);1H/p-2. The van der Waals surface area contributed by atoms with Crippen LogP contribution in [0.5, 0.6) is 0 Å². The van der Waals surface area contributed by atoms with Crippen LogP contribution < -0.4 is 17.5 Å². The summed E-state index contributed by atoms with van der Waals surface area (Å²) in [6.07, 6.45) is -4.80. The van der Waals surface area contributed by atoms with Crippen molar-refractivity contribution in [2.45, 2.75) is 6.18 Å². The normalized spacial score (nSPS) is 13.5. The lowest BCUT2D eigenvalue weighted by molar-refractivity contribution is -0.324. The predicted octanol–water partition coefficient (Wildman–Crippen LogP) is -2.84. The van der Waals surface area contributed by atoms with Gasteiger partial charge >= 0.3 is 6.18 Å². The fourth-order valence-electron chi connectivity index (χ4n) is 0.284. The number of halogens is 5. The Hall–Kier alpha value is -0.160. The van der Waals surface area contributed by atoms with Gasteiger partial charge in [-0.1, -0.05) is 0 Å². The number of carboxylic acids is 1. The van der Waals surface area contributed by atoms with Gasteiger partial charge in [0.15, 0.2) is 0 Å². The molecular weight excluding hydrogens is 208 g/mol. The van der Waals surface area contributed by atoms with Crippen LogP contribution in [0.1, 0.15) is 0 Å². The van der Waals surface area contributed by atoms with Crippen LogP contribution in [0.3, 0.4) is 0 Å². The molecule has 0 saturated heterocycles. The highest BCUT2D eigenvalue weighted by Gasteiger charge is 2.39. The quantitative estimate of drug-likeness (QED) is 0.461. The van der Waals surface area contributed by atoms with Crippen LogP contribution in [0.2, 0.25) is 0 Å². The second-order valence-electron chi connectivity index (χ2n) is 1.57. The number of rotatable bonds is 2. The van der Waals surface area contributed by atoms with Crippen LogP contribution in [0.15, 0.2) is 0 Å². The van der Waals surface area contributed by atoms with E-state index in [1.54, 1.807) is 0 Å². The highest BCUT2D eigenvalue weighted by Crippen LogP contribution is 2.26. The third-order valence-corrected chi connectivity index (χ3v) is 1.14. The molecule has 0 heterocycles. The van der Waals surface area contributed by atoms with E-state index in [1.165, 1.54) is 0 Å². The molecule has 0 rings (SSSR count). The molecule has 68 valence electrons. The molecule has 0 aliphatic heterocycles. The third-order valence-electron chi connectivity index (χ3n) is 0.834. The second kappa shape index (κ2) is 4.66. The summed E-state index contributed by atoms with van der Waals surface area (Å²) in [6.45, 7) is 0. The Balaban J connectivity index is 0. The first kappa shape index (κ1) is 13.4. The lowest BCUT2D eigenvalue weighted by Gasteiger charge is -2.17. The zero-order valence-corrected chi connectivity index (χ0v) is 6.50. The first-order chi connectivity index (χ1) is 4.39. The molecule has 0 N–H and O–H groups in total. The van der Waals surface area contributed by atoms with E-state index in [0.717, 1.165) is 0 Å². The van der Waals surface area contributed by atoms with Crippen LogP contribution in [-0.4, -0.2) is 18.0 Å². The van der Waals surface area contributed by atoms with Crippen molar-refractivity contribution in [1.82, 2.24) is 0 Å². The van der Waals surface area contributed by atoms with Gasteiger partial charge in [-0.05, 0) is 0 Å². The average molecular weight is 211 g/mol. The van der Waals surface area contributed by atoms with Gasteiger partial charge < -0.3 is 22.3 Å². The second-order valence-corrected chi connectivity index (χ2v) is 1.88. The molecular formula is C4H3Cl2F3O2-2. The van der Waals surface area contributed by atoms with Crippen LogP contribution in [0.25, 0.3) is 0 Å². The summed E-state index contributed by atoms with van der Waals surface area (Å²) in [7, 11) is 0. The van der Waals surface area contributed by atoms with E-state index in [1.807, 2.05) is 0 Å². The summed E-state index contributed by atoms with van der Waals surface area (Å²) in [4.78, 5) is 9.66. The molecule has 11 heavy (non-hydrogen) atoms. The van der Waals surface area contributed by atoms with Crippen molar-refractivity contribution < 1.29 is 35.5 Å². The van der Waals surface area contributed by atoms with Crippen LogP contribution in [0.4, 0.5) is 13.2 Å². The van der Waals surface area contributed by atoms with Crippen molar-refractivity contribution in [2.24, 2.45) is 5.92 Å². The zero-order chi connectivity index (χ0) is 8.36. The number of hydrogen-bond acceptors (Lipinski definition) is 2. The van der Waals surface area contributed by atoms with Crippen molar-refractivity contribution in [3.8, 4) is 0 Å². The minimum Gasteiger partial charge on any atom is -1.00 e. The van der Waals surface area contributed by atoms with Gasteiger partial charge in [-0.25, -0.2) is 0 Å². The first-order valence-corrected chi connectivity index (χ1v) is 2.76. The van der Waals surface area contributed by atoms with Gasteiger partial charge in [0.05, 0.1) is 5.97 Å². The summed E-state index contributed by atoms with van der Waals surface area (Å²) in [5.74, 6) is -5.76. The minimum atomic E-state index is -4.80. The van der Waals surface area contributed by atoms with E-state index in [0.29, 0.717) is 0 Å². The largest absolute Gasteiger partial charge is 1.00 e. The molecule has 0 amide bonds. The van der Waals surface area contributed by atoms with Gasteiger partial charge in [0, 0.05) is 5.88 Å². The highest BCUT2D eigenvalue weighted by molar-refractivity contribution is 6.19. The molecule has 0 bridgehead atoms. The number of carbonyl (C=O) groups excluding carboxylic acids is 1. The number of carbonyl (C=O) groups is 1. The Bertz CT molecular complexity index is 136. The van der Waals surface area contributed by atoms with E-state index < -0.39 is 23.9 Å². The monoisotopic (exact) mass is 210 g/mol. The van der Waals surface area contributed by atoms with E-state index in [2.05, 4.69) is 0 Å². The van der Waals surface area contributed by atoms with Gasteiger partial charge in [-0.3, -0.25) is 0 Å². The number of aliphatic carboxylic acids is 1. The molecule has 2 nitrogen and oxygen atoms in total. The van der Waals surface area contributed by atoms with Crippen LogP contribution in [-0.2, 0) is 4.79 Å². The maximum absolute atomic E-state index is 11.5. The summed E-state index contributed by atoms with van der Waals surface area (Å²) in [6, 6.07) is 0. The third kappa shape index (κ3) is 4.31. The Labute approximate surface area is 71.7 Å². The molecule has 0 fully saturated rings. The summed E-state index contributed by atoms with van der Waals surface area (Å²) in [5, 5.41) is 9.66. The minimum absolute atomic E-state index is 0. The molecule has 0 aliphatic rings. The predicted molar refractivity (Wildman–Crippen MR) is 25.3 cm³/mol. The van der Waals surface area contributed by atoms with E-state index in [4.69, 9.17) is 11.6 Å². The fraction of sp³-hybridized carbons (Fsp3) is 0.750. The highest BCUT2D eigenvalue weighted by atomic mass is 35.5. The molecule has 0 spiro atoms. The van der Waals surface area contributed by atoms with E-state index >= 15 is 0 Å². The fourth-order valence-corrected chi connectivity index (χ4v) is 0.585. The molecule has 0 aromatic rings. The van der Waals surface area contributed by atoms with Crippen LogP contribution in [0, 0.1) is 5.92 Å². The zero-order valence-electron chi connectivity index (χ0n) is 4.99. The molecule has 1 atom stereocenters. The Morgan fingerprint density at radius 3 is 1.91 bits per heavy atom. The number of hydrogen-bond donors (Lipinski definition) is 0. The summed E-state index contributed by atoms with van der Waals surface area (Å²) in [5.41, 5.74) is 0. The van der Waals surface area contributed by atoms with Gasteiger partial charge in [0.25, 0.3) is 0 Å². The van der Waals surface area contributed by atoms with Crippen molar-refractivity contribution >= 4 is 17.6 Å². The molecule has 0 aromatic carbocycles. The van der Waals surface area contributed by atoms with E-state index in [-0.39, 0.29) is 12.4 Å². The Morgan fingerprint density at radius 1 is 1.55 bits per heavy atom. The summed E-state index contributed by atoms with van der Waals surface area (Å²) < 4.78 is 34.4. The topological polar surface area (TPSA) is 40.1 Å². The molecule has 1 unspecified atom stereocenters. The lowest BCUT2D eigenvalue weighted by Crippen LogP contribution is -3.00. The maximum Gasteiger partial charge on any atom is 0.398 e. The lowest BCUT2D eigenvalue weighted by atomic mass is 10.2. The van der Waals surface area contributed by atoms with Gasteiger partial charge in [-0.2, -0.15) is 13.2 Å². The van der Waals surface area contributed by atoms with Crippen molar-refractivity contribution in [1.29, 1.82) is 0 Å². The van der Waals surface area contributed by atoms with Crippen molar-refractivity contribution in [2.75, 3.05) is 5.88 Å². The molecule has 0 saturated carbocycles. The summed E-state index contributed by atoms with van der Waals surface area (Å²) >= 11 is 4.71. The van der Waals surface area contributed by atoms with Crippen molar-refractivity contribution in [3.05, 3.63) is 0 Å². The van der Waals surface area contributed by atoms with Gasteiger partial charge in [0.2, 0.25) is 0 Å². The van der Waals surface area contributed by atoms with Gasteiger partial charge in [0.1, 0.15) is 5.92 Å². The molecule has 0 aromatic heterocycles. The SMILES string of the molecule is O=C([O-])C(CCl)C(F)(F)F.[Cl-]. The average Bonchev–Trinajstić information content (AvgIpc) is 1.60. The van der Waals surface area contributed by atoms with Crippen molar-refractivity contribution in [3.63, 3.8) is 0 Å². The smallest absolute Gasteiger partial charge is 0.398 e. The Kier molecular flexibility index (Phi) is 5.69. The maximum atomic E-state index is 11.5. The Morgan fingerprint density at radius 2 is 1.91 bits per heavy atom. The molecule has 0 aliphatic carbocycles.